The Morgan fingerprint density at radius 1 is 1.40 bits per heavy atom. The van der Waals surface area contributed by atoms with Crippen molar-refractivity contribution in [3.63, 3.8) is 0 Å². The molecule has 0 aliphatic carbocycles. The summed E-state index contributed by atoms with van der Waals surface area (Å²) in [4.78, 5) is 0. The molecule has 1 aromatic rings. The third-order valence-corrected chi connectivity index (χ3v) is 3.50. The number of nitrogens with one attached hydrogen (secondary N) is 1. The summed E-state index contributed by atoms with van der Waals surface area (Å²) < 4.78 is 19.0. The first kappa shape index (κ1) is 17.4. The highest BCUT2D eigenvalue weighted by molar-refractivity contribution is 9.10. The molecular formula is C15H23BrFNO2. The van der Waals surface area contributed by atoms with Crippen molar-refractivity contribution < 1.29 is 14.2 Å². The number of aliphatic hydroxyl groups is 1. The lowest BCUT2D eigenvalue weighted by Crippen LogP contribution is -2.25. The van der Waals surface area contributed by atoms with Crippen molar-refractivity contribution >= 4 is 21.6 Å². The van der Waals surface area contributed by atoms with Crippen molar-refractivity contribution in [2.75, 3.05) is 25.1 Å². The van der Waals surface area contributed by atoms with Gasteiger partial charge >= 0.3 is 0 Å². The molecule has 0 heterocycles. The Morgan fingerprint density at radius 3 is 2.80 bits per heavy atom. The van der Waals surface area contributed by atoms with Crippen molar-refractivity contribution in [1.29, 1.82) is 0 Å². The second-order valence-electron chi connectivity index (χ2n) is 5.27. The fraction of sp³-hybridized carbons (Fsp3) is 0.600. The SMILES string of the molecule is CC(C)CCCOCC(O)CNc1ccc(F)cc1Br. The van der Waals surface area contributed by atoms with Crippen molar-refractivity contribution in [3.05, 3.63) is 28.5 Å². The van der Waals surface area contributed by atoms with Crippen LogP contribution in [0.4, 0.5) is 10.1 Å². The van der Waals surface area contributed by atoms with Crippen molar-refractivity contribution in [3.8, 4) is 0 Å². The average molecular weight is 348 g/mol. The molecule has 0 aromatic heterocycles. The lowest BCUT2D eigenvalue weighted by molar-refractivity contribution is 0.0409. The van der Waals surface area contributed by atoms with Gasteiger partial charge in [0.05, 0.1) is 12.7 Å². The van der Waals surface area contributed by atoms with Gasteiger partial charge in [-0.05, 0) is 52.9 Å². The van der Waals surface area contributed by atoms with E-state index in [1.165, 1.54) is 12.1 Å². The quantitative estimate of drug-likeness (QED) is 0.667. The summed E-state index contributed by atoms with van der Waals surface area (Å²) in [5, 5.41) is 12.8. The second kappa shape index (κ2) is 9.32. The smallest absolute Gasteiger partial charge is 0.124 e. The van der Waals surface area contributed by atoms with Crippen LogP contribution in [0.25, 0.3) is 0 Å². The number of anilines is 1. The zero-order valence-corrected chi connectivity index (χ0v) is 13.6. The molecule has 1 unspecified atom stereocenters. The zero-order valence-electron chi connectivity index (χ0n) is 12.0. The van der Waals surface area contributed by atoms with Crippen molar-refractivity contribution in [1.82, 2.24) is 0 Å². The number of hydrogen-bond donors (Lipinski definition) is 2. The van der Waals surface area contributed by atoms with Crippen LogP contribution in [0.15, 0.2) is 22.7 Å². The third-order valence-electron chi connectivity index (χ3n) is 2.84. The molecule has 1 rings (SSSR count). The Labute approximate surface area is 128 Å². The second-order valence-corrected chi connectivity index (χ2v) is 6.12. The summed E-state index contributed by atoms with van der Waals surface area (Å²) in [5.41, 5.74) is 0.755. The Kier molecular flexibility index (Phi) is 8.11. The van der Waals surface area contributed by atoms with E-state index in [1.54, 1.807) is 6.07 Å². The molecule has 0 aliphatic heterocycles. The molecule has 0 radical (unpaired) electrons. The normalized spacial score (nSPS) is 12.7. The molecule has 1 aromatic carbocycles. The molecule has 1 atom stereocenters. The predicted molar refractivity (Wildman–Crippen MR) is 83.5 cm³/mol. The highest BCUT2D eigenvalue weighted by Crippen LogP contribution is 2.22. The van der Waals surface area contributed by atoms with E-state index >= 15 is 0 Å². The maximum Gasteiger partial charge on any atom is 0.124 e. The molecule has 2 N–H and O–H groups in total. The van der Waals surface area contributed by atoms with E-state index in [1.807, 2.05) is 0 Å². The molecule has 0 fully saturated rings. The van der Waals surface area contributed by atoms with Crippen LogP contribution < -0.4 is 5.32 Å². The monoisotopic (exact) mass is 347 g/mol. The van der Waals surface area contributed by atoms with Crippen LogP contribution in [0.1, 0.15) is 26.7 Å². The maximum absolute atomic E-state index is 12.9. The van der Waals surface area contributed by atoms with Gasteiger partial charge in [-0.2, -0.15) is 0 Å². The van der Waals surface area contributed by atoms with Gasteiger partial charge in [-0.25, -0.2) is 4.39 Å². The summed E-state index contributed by atoms with van der Waals surface area (Å²) in [7, 11) is 0. The maximum atomic E-state index is 12.9. The standard InChI is InChI=1S/C15H23BrFNO2/c1-11(2)4-3-7-20-10-13(19)9-18-15-6-5-12(17)8-14(15)16/h5-6,8,11,13,18-19H,3-4,7,9-10H2,1-2H3. The molecule has 20 heavy (non-hydrogen) atoms. The van der Waals surface area contributed by atoms with Crippen LogP contribution in [0, 0.1) is 11.7 Å². The highest BCUT2D eigenvalue weighted by atomic mass is 79.9. The van der Waals surface area contributed by atoms with Gasteiger partial charge in [0.1, 0.15) is 5.82 Å². The highest BCUT2D eigenvalue weighted by Gasteiger charge is 2.06. The fourth-order valence-corrected chi connectivity index (χ4v) is 2.22. The van der Waals surface area contributed by atoms with Gasteiger partial charge in [-0.15, -0.1) is 0 Å². The van der Waals surface area contributed by atoms with Crippen molar-refractivity contribution in [2.45, 2.75) is 32.8 Å². The van der Waals surface area contributed by atoms with Gasteiger partial charge in [-0.1, -0.05) is 13.8 Å². The number of benzene rings is 1. The molecule has 0 amide bonds. The van der Waals surface area contributed by atoms with Crippen LogP contribution in [-0.2, 0) is 4.74 Å². The fourth-order valence-electron chi connectivity index (χ4n) is 1.73. The summed E-state index contributed by atoms with van der Waals surface area (Å²) in [6.45, 7) is 5.71. The minimum Gasteiger partial charge on any atom is -0.389 e. The van der Waals surface area contributed by atoms with E-state index in [0.29, 0.717) is 30.1 Å². The Balaban J connectivity index is 2.18. The van der Waals surface area contributed by atoms with Gasteiger partial charge in [-0.3, -0.25) is 0 Å². The van der Waals surface area contributed by atoms with Gasteiger partial charge in [0.2, 0.25) is 0 Å². The zero-order chi connectivity index (χ0) is 15.0. The lowest BCUT2D eigenvalue weighted by atomic mass is 10.1. The topological polar surface area (TPSA) is 41.5 Å². The average Bonchev–Trinajstić information content (AvgIpc) is 2.37. The Hall–Kier alpha value is -0.650. The van der Waals surface area contributed by atoms with E-state index in [0.717, 1.165) is 18.5 Å². The minimum absolute atomic E-state index is 0.295. The van der Waals surface area contributed by atoms with Gasteiger partial charge in [0, 0.05) is 23.3 Å². The molecule has 0 spiro atoms. The van der Waals surface area contributed by atoms with Crippen LogP contribution >= 0.6 is 15.9 Å². The van der Waals surface area contributed by atoms with E-state index < -0.39 is 6.10 Å². The summed E-state index contributed by atoms with van der Waals surface area (Å²) >= 11 is 3.27. The number of aliphatic hydroxyl groups excluding tert-OH is 1. The largest absolute Gasteiger partial charge is 0.389 e. The molecule has 0 bridgehead atoms. The van der Waals surface area contributed by atoms with Crippen LogP contribution in [0.2, 0.25) is 0 Å². The van der Waals surface area contributed by atoms with Crippen molar-refractivity contribution in [2.24, 2.45) is 5.92 Å². The number of hydrogen-bond acceptors (Lipinski definition) is 3. The number of halogens is 2. The van der Waals surface area contributed by atoms with Gasteiger partial charge < -0.3 is 15.2 Å². The number of ether oxygens (including phenoxy) is 1. The lowest BCUT2D eigenvalue weighted by Gasteiger charge is -2.14. The first-order valence-corrected chi connectivity index (χ1v) is 7.73. The summed E-state index contributed by atoms with van der Waals surface area (Å²) in [5.74, 6) is 0.387. The molecular weight excluding hydrogens is 325 g/mol. The predicted octanol–water partition coefficient (Wildman–Crippen LogP) is 3.81. The van der Waals surface area contributed by atoms with Gasteiger partial charge in [0.15, 0.2) is 0 Å². The van der Waals surface area contributed by atoms with E-state index in [2.05, 4.69) is 35.1 Å². The number of rotatable bonds is 9. The first-order valence-electron chi connectivity index (χ1n) is 6.93. The van der Waals surface area contributed by atoms with Crippen LogP contribution in [-0.4, -0.2) is 31.0 Å². The van der Waals surface area contributed by atoms with Crippen LogP contribution in [0.5, 0.6) is 0 Å². The molecule has 3 nitrogen and oxygen atoms in total. The molecule has 0 saturated carbocycles. The molecule has 0 saturated heterocycles. The van der Waals surface area contributed by atoms with E-state index in [4.69, 9.17) is 4.74 Å². The van der Waals surface area contributed by atoms with E-state index in [9.17, 15) is 9.50 Å². The Morgan fingerprint density at radius 2 is 2.15 bits per heavy atom. The summed E-state index contributed by atoms with van der Waals surface area (Å²) in [6, 6.07) is 4.40. The van der Waals surface area contributed by atoms with Crippen LogP contribution in [0.3, 0.4) is 0 Å². The molecule has 114 valence electrons. The van der Waals surface area contributed by atoms with E-state index in [-0.39, 0.29) is 5.82 Å². The molecule has 0 aliphatic rings. The molecule has 5 heteroatoms. The third kappa shape index (κ3) is 7.22. The first-order chi connectivity index (χ1) is 9.49. The van der Waals surface area contributed by atoms with Gasteiger partial charge in [0.25, 0.3) is 0 Å². The minimum atomic E-state index is -0.578. The summed E-state index contributed by atoms with van der Waals surface area (Å²) in [6.07, 6.45) is 1.57. The Bertz CT molecular complexity index is 401.